The van der Waals surface area contributed by atoms with Crippen molar-refractivity contribution < 1.29 is 9.52 Å². The molecule has 28 heavy (non-hydrogen) atoms. The first kappa shape index (κ1) is 19.5. The van der Waals surface area contributed by atoms with E-state index in [1.54, 1.807) is 13.0 Å². The Balaban J connectivity index is 1.57. The topological polar surface area (TPSA) is 56.9 Å². The van der Waals surface area contributed by atoms with Crippen LogP contribution in [0.15, 0.2) is 21.3 Å². The van der Waals surface area contributed by atoms with E-state index in [0.29, 0.717) is 29.7 Å². The van der Waals surface area contributed by atoms with E-state index in [0.717, 1.165) is 23.1 Å². The number of fused-ring (bicyclic) bond motifs is 2. The number of aromatic hydroxyl groups is 1. The monoisotopic (exact) mass is 384 g/mol. The Kier molecular flexibility index (Phi) is 5.48. The van der Waals surface area contributed by atoms with Gasteiger partial charge < -0.3 is 19.3 Å². The molecule has 2 aliphatic heterocycles. The van der Waals surface area contributed by atoms with Crippen LogP contribution in [0.5, 0.6) is 5.75 Å². The summed E-state index contributed by atoms with van der Waals surface area (Å²) in [6.07, 6.45) is 6.55. The molecule has 0 amide bonds. The fourth-order valence-electron chi connectivity index (χ4n) is 5.23. The number of benzene rings is 1. The first-order chi connectivity index (χ1) is 13.5. The van der Waals surface area contributed by atoms with Gasteiger partial charge in [0.2, 0.25) is 0 Å². The van der Waals surface area contributed by atoms with Gasteiger partial charge in [0.05, 0.1) is 5.56 Å². The molecule has 3 heterocycles. The minimum absolute atomic E-state index is 0.202. The highest BCUT2D eigenvalue weighted by Crippen LogP contribution is 2.33. The van der Waals surface area contributed by atoms with Gasteiger partial charge in [-0.2, -0.15) is 0 Å². The summed E-state index contributed by atoms with van der Waals surface area (Å²) in [6, 6.07) is 4.27. The van der Waals surface area contributed by atoms with E-state index < -0.39 is 0 Å². The highest BCUT2D eigenvalue weighted by Gasteiger charge is 2.33. The van der Waals surface area contributed by atoms with Crippen LogP contribution in [0.2, 0.25) is 0 Å². The molecular weight excluding hydrogens is 352 g/mol. The van der Waals surface area contributed by atoms with Gasteiger partial charge in [-0.05, 0) is 83.3 Å². The molecule has 2 atom stereocenters. The number of nitrogens with zero attached hydrogens (tertiary/aromatic N) is 2. The normalized spacial score (nSPS) is 23.3. The van der Waals surface area contributed by atoms with E-state index in [9.17, 15) is 9.90 Å². The van der Waals surface area contributed by atoms with Crippen LogP contribution in [-0.4, -0.2) is 47.6 Å². The van der Waals surface area contributed by atoms with Crippen molar-refractivity contribution in [1.82, 2.24) is 9.80 Å². The smallest absolute Gasteiger partial charge is 0.339 e. The molecule has 5 heteroatoms. The van der Waals surface area contributed by atoms with Gasteiger partial charge in [-0.25, -0.2) is 4.79 Å². The average Bonchev–Trinajstić information content (AvgIpc) is 2.69. The maximum absolute atomic E-state index is 12.2. The summed E-state index contributed by atoms with van der Waals surface area (Å²) < 4.78 is 5.61. The lowest BCUT2D eigenvalue weighted by molar-refractivity contribution is 0.0434. The van der Waals surface area contributed by atoms with E-state index in [2.05, 4.69) is 16.8 Å². The van der Waals surface area contributed by atoms with Gasteiger partial charge >= 0.3 is 5.63 Å². The molecule has 152 valence electrons. The van der Waals surface area contributed by atoms with Crippen molar-refractivity contribution in [1.29, 1.82) is 0 Å². The van der Waals surface area contributed by atoms with Crippen LogP contribution in [0.1, 0.15) is 48.8 Å². The Hall–Kier alpha value is -1.85. The Bertz CT molecular complexity index is 918. The van der Waals surface area contributed by atoms with Crippen molar-refractivity contribution >= 4 is 11.0 Å². The van der Waals surface area contributed by atoms with Crippen molar-refractivity contribution in [3.63, 3.8) is 0 Å². The molecule has 2 unspecified atom stereocenters. The fraction of sp³-hybridized carbons (Fsp3) is 0.609. The minimum atomic E-state index is -0.315. The van der Waals surface area contributed by atoms with Crippen LogP contribution in [0, 0.1) is 19.8 Å². The highest BCUT2D eigenvalue weighted by molar-refractivity contribution is 5.85. The minimum Gasteiger partial charge on any atom is -0.507 e. The highest BCUT2D eigenvalue weighted by atomic mass is 16.4. The van der Waals surface area contributed by atoms with Crippen LogP contribution in [0.4, 0.5) is 0 Å². The van der Waals surface area contributed by atoms with Crippen molar-refractivity contribution in [2.45, 2.75) is 58.5 Å². The molecular formula is C23H32N2O3. The molecule has 0 aliphatic carbocycles. The van der Waals surface area contributed by atoms with Crippen molar-refractivity contribution in [2.75, 3.05) is 26.7 Å². The van der Waals surface area contributed by atoms with Gasteiger partial charge in [0.25, 0.3) is 0 Å². The lowest BCUT2D eigenvalue weighted by Gasteiger charge is -2.45. The largest absolute Gasteiger partial charge is 0.507 e. The van der Waals surface area contributed by atoms with Gasteiger partial charge in [0.15, 0.2) is 0 Å². The third-order valence-corrected chi connectivity index (χ3v) is 6.91. The Morgan fingerprint density at radius 3 is 2.75 bits per heavy atom. The summed E-state index contributed by atoms with van der Waals surface area (Å²) in [5.41, 5.74) is 2.50. The summed E-state index contributed by atoms with van der Waals surface area (Å²) in [7, 11) is 2.11. The number of phenols is 1. The molecule has 0 spiro atoms. The molecule has 5 nitrogen and oxygen atoms in total. The van der Waals surface area contributed by atoms with Crippen LogP contribution in [0.3, 0.4) is 0 Å². The van der Waals surface area contributed by atoms with Gasteiger partial charge in [-0.15, -0.1) is 0 Å². The maximum Gasteiger partial charge on any atom is 0.339 e. The number of piperidine rings is 2. The summed E-state index contributed by atoms with van der Waals surface area (Å²) in [5, 5.41) is 11.4. The molecule has 0 saturated carbocycles. The van der Waals surface area contributed by atoms with Gasteiger partial charge in [-0.1, -0.05) is 6.42 Å². The summed E-state index contributed by atoms with van der Waals surface area (Å²) in [6.45, 7) is 7.82. The van der Waals surface area contributed by atoms with E-state index in [4.69, 9.17) is 4.42 Å². The van der Waals surface area contributed by atoms with Crippen molar-refractivity contribution in [3.05, 3.63) is 39.2 Å². The SMILES string of the molecule is Cc1c(C)c2ccc(O)c(CN(C)CC3CCCN4CCCCC34)c2oc1=O. The van der Waals surface area contributed by atoms with Gasteiger partial charge in [0.1, 0.15) is 11.3 Å². The first-order valence-corrected chi connectivity index (χ1v) is 10.6. The molecule has 0 bridgehead atoms. The zero-order valence-corrected chi connectivity index (χ0v) is 17.3. The molecule has 2 saturated heterocycles. The van der Waals surface area contributed by atoms with E-state index in [1.807, 2.05) is 13.0 Å². The second kappa shape index (κ2) is 7.88. The van der Waals surface area contributed by atoms with Crippen LogP contribution in [0.25, 0.3) is 11.0 Å². The van der Waals surface area contributed by atoms with Gasteiger partial charge in [-0.3, -0.25) is 0 Å². The predicted molar refractivity (Wildman–Crippen MR) is 112 cm³/mol. The zero-order chi connectivity index (χ0) is 19.8. The summed E-state index contributed by atoms with van der Waals surface area (Å²) in [4.78, 5) is 17.2. The molecule has 2 aromatic rings. The quantitative estimate of drug-likeness (QED) is 0.813. The average molecular weight is 385 g/mol. The second-order valence-corrected chi connectivity index (χ2v) is 8.78. The number of aryl methyl sites for hydroxylation is 1. The molecule has 4 rings (SSSR count). The van der Waals surface area contributed by atoms with Crippen molar-refractivity contribution in [2.24, 2.45) is 5.92 Å². The van der Waals surface area contributed by atoms with Crippen LogP contribution < -0.4 is 5.63 Å². The van der Waals surface area contributed by atoms with Gasteiger partial charge in [0, 0.05) is 30.1 Å². The van der Waals surface area contributed by atoms with E-state index in [1.165, 1.54) is 45.2 Å². The number of hydrogen-bond donors (Lipinski definition) is 1. The lowest BCUT2D eigenvalue weighted by atomic mass is 9.83. The number of phenolic OH excluding ortho intramolecular Hbond substituents is 1. The Morgan fingerprint density at radius 2 is 1.93 bits per heavy atom. The molecule has 1 N–H and O–H groups in total. The maximum atomic E-state index is 12.2. The fourth-order valence-corrected chi connectivity index (χ4v) is 5.23. The summed E-state index contributed by atoms with van der Waals surface area (Å²) >= 11 is 0. The van der Waals surface area contributed by atoms with Crippen LogP contribution in [-0.2, 0) is 6.54 Å². The first-order valence-electron chi connectivity index (χ1n) is 10.6. The number of hydrogen-bond acceptors (Lipinski definition) is 5. The third-order valence-electron chi connectivity index (χ3n) is 6.91. The predicted octanol–water partition coefficient (Wildman–Crippen LogP) is 3.81. The second-order valence-electron chi connectivity index (χ2n) is 8.78. The summed E-state index contributed by atoms with van der Waals surface area (Å²) in [5.74, 6) is 0.876. The Labute approximate surface area is 166 Å². The van der Waals surface area contributed by atoms with Crippen LogP contribution >= 0.6 is 0 Å². The number of rotatable bonds is 4. The lowest BCUT2D eigenvalue weighted by Crippen LogP contribution is -2.50. The molecule has 2 fully saturated rings. The molecule has 1 aromatic heterocycles. The van der Waals surface area contributed by atoms with E-state index >= 15 is 0 Å². The molecule has 1 aromatic carbocycles. The third kappa shape index (κ3) is 3.58. The molecule has 0 radical (unpaired) electrons. The zero-order valence-electron chi connectivity index (χ0n) is 17.3. The Morgan fingerprint density at radius 1 is 1.14 bits per heavy atom. The van der Waals surface area contributed by atoms with Crippen molar-refractivity contribution in [3.8, 4) is 5.75 Å². The molecule has 2 aliphatic rings. The standard InChI is InChI=1S/C23H32N2O3/c1-15-16(2)23(27)28-22-18(15)9-10-21(26)19(22)14-24(3)13-17-7-6-12-25-11-5-4-8-20(17)25/h9-10,17,20,26H,4-8,11-14H2,1-3H3. The van der Waals surface area contributed by atoms with E-state index in [-0.39, 0.29) is 11.4 Å².